The van der Waals surface area contributed by atoms with Gasteiger partial charge in [0.2, 0.25) is 5.76 Å². The molecule has 29 heavy (non-hydrogen) atoms. The van der Waals surface area contributed by atoms with Gasteiger partial charge in [0.05, 0.1) is 12.5 Å². The van der Waals surface area contributed by atoms with Crippen molar-refractivity contribution in [1.82, 2.24) is 0 Å². The summed E-state index contributed by atoms with van der Waals surface area (Å²) in [7, 11) is 1.25. The van der Waals surface area contributed by atoms with E-state index in [0.29, 0.717) is 0 Å². The van der Waals surface area contributed by atoms with Crippen LogP contribution in [-0.4, -0.2) is 25.3 Å². The normalized spacial score (nSPS) is 11.3. The van der Waals surface area contributed by atoms with E-state index < -0.39 is 35.5 Å². The highest BCUT2D eigenvalue weighted by Gasteiger charge is 2.31. The highest BCUT2D eigenvalue weighted by Crippen LogP contribution is 2.37. The molecular weight excluding hydrogens is 400 g/mol. The van der Waals surface area contributed by atoms with Gasteiger partial charge in [-0.1, -0.05) is 0 Å². The second kappa shape index (κ2) is 7.34. The van der Waals surface area contributed by atoms with Gasteiger partial charge in [-0.25, -0.2) is 4.39 Å². The third-order valence-corrected chi connectivity index (χ3v) is 3.75. The maximum atomic E-state index is 13.9. The standard InChI is InChI=1S/C18H12F4N2O5/c1-27-12-7-9(19)6-11-13(15(16(23)25)28-14(11)12)24-17(26)8-2-4-10(5-3-8)29-18(20,21)22/h2-7H,1H3,(H2,23,25)(H,24,26). The number of primary amides is 1. The first-order chi connectivity index (χ1) is 13.6. The van der Waals surface area contributed by atoms with Gasteiger partial charge in [-0.3, -0.25) is 9.59 Å². The quantitative estimate of drug-likeness (QED) is 0.620. The van der Waals surface area contributed by atoms with Crippen LogP contribution in [0.1, 0.15) is 20.9 Å². The third kappa shape index (κ3) is 4.23. The first-order valence-corrected chi connectivity index (χ1v) is 7.86. The van der Waals surface area contributed by atoms with Crippen molar-refractivity contribution in [1.29, 1.82) is 0 Å². The molecule has 0 aliphatic rings. The lowest BCUT2D eigenvalue weighted by Crippen LogP contribution is -2.18. The zero-order valence-electron chi connectivity index (χ0n) is 14.6. The molecule has 2 amide bonds. The number of furan rings is 1. The molecule has 152 valence electrons. The van der Waals surface area contributed by atoms with Crippen molar-refractivity contribution >= 4 is 28.5 Å². The van der Waals surface area contributed by atoms with Crippen LogP contribution in [0.5, 0.6) is 11.5 Å². The van der Waals surface area contributed by atoms with Crippen molar-refractivity contribution in [2.24, 2.45) is 5.73 Å². The Morgan fingerprint density at radius 3 is 2.34 bits per heavy atom. The van der Waals surface area contributed by atoms with Gasteiger partial charge in [0, 0.05) is 11.6 Å². The highest BCUT2D eigenvalue weighted by atomic mass is 19.4. The van der Waals surface area contributed by atoms with Crippen molar-refractivity contribution in [3.8, 4) is 11.5 Å². The number of ether oxygens (including phenoxy) is 2. The lowest BCUT2D eigenvalue weighted by atomic mass is 10.1. The molecule has 0 atom stereocenters. The number of hydrogen-bond donors (Lipinski definition) is 2. The predicted octanol–water partition coefficient (Wildman–Crippen LogP) is 3.83. The summed E-state index contributed by atoms with van der Waals surface area (Å²) >= 11 is 0. The van der Waals surface area contributed by atoms with E-state index in [1.54, 1.807) is 0 Å². The van der Waals surface area contributed by atoms with Crippen LogP contribution in [0, 0.1) is 5.82 Å². The van der Waals surface area contributed by atoms with E-state index in [4.69, 9.17) is 14.9 Å². The second-order valence-electron chi connectivity index (χ2n) is 5.68. The fraction of sp³-hybridized carbons (Fsp3) is 0.111. The summed E-state index contributed by atoms with van der Waals surface area (Å²) in [6, 6.07) is 6.04. The van der Waals surface area contributed by atoms with Crippen LogP contribution in [0.3, 0.4) is 0 Å². The molecule has 11 heteroatoms. The average molecular weight is 412 g/mol. The van der Waals surface area contributed by atoms with Gasteiger partial charge in [0.25, 0.3) is 11.8 Å². The Hall–Kier alpha value is -3.76. The maximum Gasteiger partial charge on any atom is 0.573 e. The number of carbonyl (C=O) groups excluding carboxylic acids is 2. The Morgan fingerprint density at radius 1 is 1.14 bits per heavy atom. The van der Waals surface area contributed by atoms with E-state index in [-0.39, 0.29) is 28.0 Å². The molecule has 0 radical (unpaired) electrons. The Balaban J connectivity index is 1.97. The molecule has 1 aromatic heterocycles. The Morgan fingerprint density at radius 2 is 1.79 bits per heavy atom. The summed E-state index contributed by atoms with van der Waals surface area (Å²) in [4.78, 5) is 24.2. The average Bonchev–Trinajstić information content (AvgIpc) is 2.99. The van der Waals surface area contributed by atoms with Crippen molar-refractivity contribution in [2.75, 3.05) is 12.4 Å². The van der Waals surface area contributed by atoms with Crippen LogP contribution in [0.4, 0.5) is 23.2 Å². The van der Waals surface area contributed by atoms with E-state index in [2.05, 4.69) is 10.1 Å². The third-order valence-electron chi connectivity index (χ3n) is 3.75. The minimum absolute atomic E-state index is 0.0148. The molecule has 3 aromatic rings. The number of halogens is 4. The molecule has 0 unspecified atom stereocenters. The number of anilines is 1. The molecule has 0 bridgehead atoms. The van der Waals surface area contributed by atoms with E-state index in [1.165, 1.54) is 7.11 Å². The van der Waals surface area contributed by atoms with Crippen LogP contribution in [0.2, 0.25) is 0 Å². The molecule has 0 aliphatic heterocycles. The maximum absolute atomic E-state index is 13.9. The molecule has 0 saturated carbocycles. The summed E-state index contributed by atoms with van der Waals surface area (Å²) in [5.74, 6) is -3.57. The zero-order valence-corrected chi connectivity index (χ0v) is 14.6. The van der Waals surface area contributed by atoms with E-state index >= 15 is 0 Å². The smallest absolute Gasteiger partial charge is 0.493 e. The first-order valence-electron chi connectivity index (χ1n) is 7.86. The number of benzene rings is 2. The van der Waals surface area contributed by atoms with Gasteiger partial charge in [0.1, 0.15) is 17.3 Å². The minimum Gasteiger partial charge on any atom is -0.493 e. The predicted molar refractivity (Wildman–Crippen MR) is 92.3 cm³/mol. The molecule has 1 heterocycles. The van der Waals surface area contributed by atoms with Gasteiger partial charge in [-0.05, 0) is 30.3 Å². The van der Waals surface area contributed by atoms with Gasteiger partial charge in [-0.15, -0.1) is 13.2 Å². The summed E-state index contributed by atoms with van der Waals surface area (Å²) in [5, 5.41) is 2.37. The Kier molecular flexibility index (Phi) is 5.06. The number of methoxy groups -OCH3 is 1. The molecular formula is C18H12F4N2O5. The largest absolute Gasteiger partial charge is 0.573 e. The number of fused-ring (bicyclic) bond motifs is 1. The molecule has 0 saturated heterocycles. The molecule has 3 N–H and O–H groups in total. The fourth-order valence-corrected chi connectivity index (χ4v) is 2.58. The summed E-state index contributed by atoms with van der Waals surface area (Å²) in [6.07, 6.45) is -4.88. The first kappa shape index (κ1) is 20.0. The number of nitrogens with two attached hydrogens (primary N) is 1. The fourth-order valence-electron chi connectivity index (χ4n) is 2.58. The van der Waals surface area contributed by atoms with Crippen LogP contribution < -0.4 is 20.5 Å². The van der Waals surface area contributed by atoms with Crippen LogP contribution >= 0.6 is 0 Å². The summed E-state index contributed by atoms with van der Waals surface area (Å²) in [6.45, 7) is 0. The number of alkyl halides is 3. The number of nitrogens with one attached hydrogen (secondary N) is 1. The molecule has 0 aliphatic carbocycles. The molecule has 7 nitrogen and oxygen atoms in total. The molecule has 0 spiro atoms. The van der Waals surface area contributed by atoms with Gasteiger partial charge < -0.3 is 24.9 Å². The summed E-state index contributed by atoms with van der Waals surface area (Å²) < 4.78 is 64.6. The zero-order chi connectivity index (χ0) is 21.3. The number of rotatable bonds is 5. The van der Waals surface area contributed by atoms with Crippen LogP contribution in [-0.2, 0) is 0 Å². The van der Waals surface area contributed by atoms with Gasteiger partial charge in [-0.2, -0.15) is 0 Å². The highest BCUT2D eigenvalue weighted by molar-refractivity contribution is 6.14. The Bertz CT molecular complexity index is 1090. The summed E-state index contributed by atoms with van der Waals surface area (Å²) in [5.41, 5.74) is 4.97. The SMILES string of the molecule is COc1cc(F)cc2c(NC(=O)c3ccc(OC(F)(F)F)cc3)c(C(N)=O)oc12. The minimum atomic E-state index is -4.88. The number of amides is 2. The van der Waals surface area contributed by atoms with Gasteiger partial charge >= 0.3 is 6.36 Å². The number of carbonyl (C=O) groups is 2. The molecule has 3 rings (SSSR count). The topological polar surface area (TPSA) is 104 Å². The molecule has 2 aromatic carbocycles. The van der Waals surface area contributed by atoms with Crippen LogP contribution in [0.15, 0.2) is 40.8 Å². The van der Waals surface area contributed by atoms with Crippen molar-refractivity contribution < 1.29 is 41.0 Å². The van der Waals surface area contributed by atoms with Crippen molar-refractivity contribution in [3.63, 3.8) is 0 Å². The van der Waals surface area contributed by atoms with E-state index in [1.807, 2.05) is 0 Å². The number of hydrogen-bond acceptors (Lipinski definition) is 5. The van der Waals surface area contributed by atoms with Crippen molar-refractivity contribution in [2.45, 2.75) is 6.36 Å². The molecule has 0 fully saturated rings. The van der Waals surface area contributed by atoms with Gasteiger partial charge in [0.15, 0.2) is 11.3 Å². The second-order valence-corrected chi connectivity index (χ2v) is 5.68. The monoisotopic (exact) mass is 412 g/mol. The van der Waals surface area contributed by atoms with E-state index in [9.17, 15) is 27.2 Å². The lowest BCUT2D eigenvalue weighted by Gasteiger charge is -2.09. The van der Waals surface area contributed by atoms with E-state index in [0.717, 1.165) is 36.4 Å². The van der Waals surface area contributed by atoms with Crippen LogP contribution in [0.25, 0.3) is 11.0 Å². The lowest BCUT2D eigenvalue weighted by molar-refractivity contribution is -0.274. The van der Waals surface area contributed by atoms with Crippen molar-refractivity contribution in [3.05, 3.63) is 53.5 Å². The Labute approximate surface area is 160 Å².